The maximum absolute atomic E-state index is 11.6. The molecule has 0 aromatic carbocycles. The Bertz CT molecular complexity index is 380. The van der Waals surface area contributed by atoms with Crippen molar-refractivity contribution in [2.45, 2.75) is 0 Å². The van der Waals surface area contributed by atoms with Crippen LogP contribution in [0.1, 0.15) is 4.88 Å². The quantitative estimate of drug-likeness (QED) is 0.815. The molecule has 5 heteroatoms. The second-order valence-electron chi connectivity index (χ2n) is 4.12. The van der Waals surface area contributed by atoms with Crippen LogP contribution in [0.3, 0.4) is 0 Å². The zero-order valence-electron chi connectivity index (χ0n) is 9.93. The number of nitrogens with zero attached hydrogens (tertiary/aromatic N) is 2. The Hall–Kier alpha value is -1.17. The van der Waals surface area contributed by atoms with E-state index in [0.717, 1.165) is 31.1 Å². The number of hydrogen-bond donors (Lipinski definition) is 1. The number of rotatable bonds is 3. The van der Waals surface area contributed by atoms with Crippen molar-refractivity contribution >= 4 is 23.3 Å². The summed E-state index contributed by atoms with van der Waals surface area (Å²) in [6, 6.07) is 3.97. The topological polar surface area (TPSA) is 35.6 Å². The number of amides is 1. The second-order valence-corrected chi connectivity index (χ2v) is 5.09. The molecule has 2 rings (SSSR count). The average Bonchev–Trinajstić information content (AvgIpc) is 2.83. The molecule has 1 aliphatic heterocycles. The third kappa shape index (κ3) is 3.96. The number of piperazine rings is 1. The smallest absolute Gasteiger partial charge is 0.258 e. The molecule has 1 aliphatic rings. The van der Waals surface area contributed by atoms with Gasteiger partial charge in [0.2, 0.25) is 0 Å². The lowest BCUT2D eigenvalue weighted by atomic mass is 10.4. The van der Waals surface area contributed by atoms with E-state index >= 15 is 0 Å². The molecule has 92 valence electrons. The molecule has 1 aromatic rings. The summed E-state index contributed by atoms with van der Waals surface area (Å²) in [6.07, 6.45) is 3.43. The first kappa shape index (κ1) is 12.3. The Kier molecular flexibility index (Phi) is 4.30. The highest BCUT2D eigenvalue weighted by Gasteiger charge is 2.14. The van der Waals surface area contributed by atoms with Gasteiger partial charge in [0, 0.05) is 37.1 Å². The molecule has 1 aromatic heterocycles. The van der Waals surface area contributed by atoms with Crippen molar-refractivity contribution in [2.75, 3.05) is 33.2 Å². The number of carbonyl (C=O) groups is 1. The van der Waals surface area contributed by atoms with Gasteiger partial charge >= 0.3 is 0 Å². The van der Waals surface area contributed by atoms with Crippen molar-refractivity contribution in [2.24, 2.45) is 0 Å². The normalized spacial score (nSPS) is 18.6. The van der Waals surface area contributed by atoms with Gasteiger partial charge < -0.3 is 4.90 Å². The molecule has 0 spiro atoms. The maximum atomic E-state index is 11.6. The first-order valence-electron chi connectivity index (χ1n) is 5.70. The van der Waals surface area contributed by atoms with Gasteiger partial charge in [-0.15, -0.1) is 11.3 Å². The number of carbonyl (C=O) groups excluding carboxylic acids is 1. The predicted molar refractivity (Wildman–Crippen MR) is 70.6 cm³/mol. The van der Waals surface area contributed by atoms with Gasteiger partial charge in [-0.25, -0.2) is 5.01 Å². The third-order valence-corrected chi connectivity index (χ3v) is 3.55. The summed E-state index contributed by atoms with van der Waals surface area (Å²) >= 11 is 1.62. The minimum atomic E-state index is -0.0528. The average molecular weight is 251 g/mol. The number of nitrogens with one attached hydrogen (secondary N) is 1. The molecule has 0 aliphatic carbocycles. The summed E-state index contributed by atoms with van der Waals surface area (Å²) < 4.78 is 0. The fraction of sp³-hybridized carbons (Fsp3) is 0.417. The molecule has 1 N–H and O–H groups in total. The number of hydrazine groups is 1. The summed E-state index contributed by atoms with van der Waals surface area (Å²) in [5, 5.41) is 3.97. The van der Waals surface area contributed by atoms with Gasteiger partial charge in [-0.05, 0) is 24.6 Å². The highest BCUT2D eigenvalue weighted by Crippen LogP contribution is 2.09. The van der Waals surface area contributed by atoms with E-state index < -0.39 is 0 Å². The zero-order valence-corrected chi connectivity index (χ0v) is 10.7. The van der Waals surface area contributed by atoms with Crippen LogP contribution in [-0.4, -0.2) is 49.0 Å². The van der Waals surface area contributed by atoms with Gasteiger partial charge in [0.05, 0.1) is 0 Å². The Morgan fingerprint density at radius 3 is 2.82 bits per heavy atom. The van der Waals surface area contributed by atoms with Crippen LogP contribution >= 0.6 is 11.3 Å². The number of hydrogen-bond acceptors (Lipinski definition) is 4. The minimum Gasteiger partial charge on any atom is -0.304 e. The zero-order chi connectivity index (χ0) is 12.1. The number of likely N-dealkylation sites (N-methyl/N-ethyl adjacent to an activating group) is 1. The van der Waals surface area contributed by atoms with E-state index in [4.69, 9.17) is 0 Å². The van der Waals surface area contributed by atoms with Crippen LogP contribution in [0.25, 0.3) is 6.08 Å². The SMILES string of the molecule is CN1CCN(NC(=O)/C=C/c2cccs2)CC1. The second kappa shape index (κ2) is 5.95. The maximum Gasteiger partial charge on any atom is 0.258 e. The molecular formula is C12H17N3OS. The van der Waals surface area contributed by atoms with Crippen LogP contribution in [0.5, 0.6) is 0 Å². The molecule has 1 amide bonds. The fourth-order valence-corrected chi connectivity index (χ4v) is 2.27. The van der Waals surface area contributed by atoms with Crippen molar-refractivity contribution in [1.82, 2.24) is 15.3 Å². The summed E-state index contributed by atoms with van der Waals surface area (Å²) in [4.78, 5) is 15.0. The Balaban J connectivity index is 1.77. The van der Waals surface area contributed by atoms with E-state index in [0.29, 0.717) is 0 Å². The largest absolute Gasteiger partial charge is 0.304 e. The Morgan fingerprint density at radius 1 is 1.41 bits per heavy atom. The summed E-state index contributed by atoms with van der Waals surface area (Å²) in [5.41, 5.74) is 2.89. The van der Waals surface area contributed by atoms with Crippen molar-refractivity contribution in [3.05, 3.63) is 28.5 Å². The molecule has 2 heterocycles. The highest BCUT2D eigenvalue weighted by atomic mass is 32.1. The lowest BCUT2D eigenvalue weighted by Gasteiger charge is -2.31. The van der Waals surface area contributed by atoms with Gasteiger partial charge in [-0.3, -0.25) is 10.2 Å². The third-order valence-electron chi connectivity index (χ3n) is 2.71. The molecule has 1 fully saturated rings. The van der Waals surface area contributed by atoms with E-state index in [1.54, 1.807) is 17.4 Å². The molecule has 0 saturated carbocycles. The van der Waals surface area contributed by atoms with E-state index in [2.05, 4.69) is 17.4 Å². The lowest BCUT2D eigenvalue weighted by Crippen LogP contribution is -2.52. The molecule has 0 bridgehead atoms. The van der Waals surface area contributed by atoms with Gasteiger partial charge in [0.15, 0.2) is 0 Å². The van der Waals surface area contributed by atoms with E-state index in [1.165, 1.54) is 0 Å². The van der Waals surface area contributed by atoms with Gasteiger partial charge in [0.25, 0.3) is 5.91 Å². The van der Waals surface area contributed by atoms with Gasteiger partial charge in [0.1, 0.15) is 0 Å². The van der Waals surface area contributed by atoms with Crippen LogP contribution in [0, 0.1) is 0 Å². The van der Waals surface area contributed by atoms with Crippen LogP contribution in [0.4, 0.5) is 0 Å². The highest BCUT2D eigenvalue weighted by molar-refractivity contribution is 7.10. The van der Waals surface area contributed by atoms with Crippen LogP contribution in [0.2, 0.25) is 0 Å². The van der Waals surface area contributed by atoms with Gasteiger partial charge in [-0.1, -0.05) is 6.07 Å². The van der Waals surface area contributed by atoms with E-state index in [-0.39, 0.29) is 5.91 Å². The minimum absolute atomic E-state index is 0.0528. The van der Waals surface area contributed by atoms with Crippen molar-refractivity contribution in [1.29, 1.82) is 0 Å². The van der Waals surface area contributed by atoms with E-state index in [1.807, 2.05) is 28.6 Å². The van der Waals surface area contributed by atoms with Crippen LogP contribution in [0.15, 0.2) is 23.6 Å². The van der Waals surface area contributed by atoms with Crippen LogP contribution in [-0.2, 0) is 4.79 Å². The summed E-state index contributed by atoms with van der Waals surface area (Å²) in [6.45, 7) is 3.76. The molecule has 1 saturated heterocycles. The van der Waals surface area contributed by atoms with Crippen molar-refractivity contribution in [3.8, 4) is 0 Å². The Morgan fingerprint density at radius 2 is 2.18 bits per heavy atom. The number of thiophene rings is 1. The fourth-order valence-electron chi connectivity index (χ4n) is 1.66. The monoisotopic (exact) mass is 251 g/mol. The Labute approximate surface area is 105 Å². The van der Waals surface area contributed by atoms with Crippen molar-refractivity contribution in [3.63, 3.8) is 0 Å². The van der Waals surface area contributed by atoms with Crippen LogP contribution < -0.4 is 5.43 Å². The molecule has 4 nitrogen and oxygen atoms in total. The first-order chi connectivity index (χ1) is 8.24. The van der Waals surface area contributed by atoms with E-state index in [9.17, 15) is 4.79 Å². The molecular weight excluding hydrogens is 234 g/mol. The molecule has 17 heavy (non-hydrogen) atoms. The lowest BCUT2D eigenvalue weighted by molar-refractivity contribution is -0.121. The molecule has 0 unspecified atom stereocenters. The van der Waals surface area contributed by atoms with Gasteiger partial charge in [-0.2, -0.15) is 0 Å². The standard InChI is InChI=1S/C12H17N3OS/c1-14-6-8-15(9-7-14)13-12(16)5-4-11-3-2-10-17-11/h2-5,10H,6-9H2,1H3,(H,13,16)/b5-4+. The molecule has 0 radical (unpaired) electrons. The molecule has 0 atom stereocenters. The summed E-state index contributed by atoms with van der Waals surface area (Å²) in [5.74, 6) is -0.0528. The van der Waals surface area contributed by atoms with Crippen molar-refractivity contribution < 1.29 is 4.79 Å². The first-order valence-corrected chi connectivity index (χ1v) is 6.58. The summed E-state index contributed by atoms with van der Waals surface area (Å²) in [7, 11) is 2.09. The predicted octanol–water partition coefficient (Wildman–Crippen LogP) is 1.04.